The number of alkyl halides is 1. The van der Waals surface area contributed by atoms with Crippen molar-refractivity contribution in [3.05, 3.63) is 33.8 Å². The topological polar surface area (TPSA) is 12.0 Å². The fourth-order valence-corrected chi connectivity index (χ4v) is 2.46. The number of halogens is 3. The Morgan fingerprint density at radius 2 is 1.94 bits per heavy atom. The third-order valence-corrected chi connectivity index (χ3v) is 3.90. The summed E-state index contributed by atoms with van der Waals surface area (Å²) in [6.45, 7) is 1.46. The Kier molecular flexibility index (Phi) is 3.73. The maximum Gasteiger partial charge on any atom is 0.117 e. The normalized spacial score (nSPS) is 19.7. The van der Waals surface area contributed by atoms with E-state index in [0.717, 1.165) is 18.7 Å². The molecule has 1 nitrogen and oxygen atoms in total. The Morgan fingerprint density at radius 1 is 1.25 bits per heavy atom. The molecule has 0 aromatic heterocycles. The monoisotopic (exact) mass is 261 g/mol. The molecular weight excluding hydrogens is 248 g/mol. The van der Waals surface area contributed by atoms with Gasteiger partial charge in [0.15, 0.2) is 0 Å². The fraction of sp³-hybridized carbons (Fsp3) is 0.500. The maximum absolute atomic E-state index is 14.4. The zero-order chi connectivity index (χ0) is 11.6. The molecule has 0 atom stereocenters. The van der Waals surface area contributed by atoms with Crippen molar-refractivity contribution in [1.29, 1.82) is 0 Å². The van der Waals surface area contributed by atoms with Crippen molar-refractivity contribution in [2.45, 2.75) is 24.9 Å². The molecule has 1 aromatic carbocycles. The first-order valence-electron chi connectivity index (χ1n) is 5.43. The molecule has 1 aliphatic rings. The minimum atomic E-state index is -1.14. The van der Waals surface area contributed by atoms with Crippen LogP contribution in [-0.2, 0) is 6.42 Å². The minimum absolute atomic E-state index is 0.355. The first-order valence-corrected chi connectivity index (χ1v) is 6.19. The maximum atomic E-state index is 14.4. The average molecular weight is 262 g/mol. The van der Waals surface area contributed by atoms with Crippen LogP contribution in [0.15, 0.2) is 18.2 Å². The van der Waals surface area contributed by atoms with E-state index in [1.165, 1.54) is 0 Å². The quantitative estimate of drug-likeness (QED) is 0.858. The second-order valence-electron chi connectivity index (χ2n) is 4.29. The van der Waals surface area contributed by atoms with Crippen LogP contribution < -0.4 is 5.32 Å². The van der Waals surface area contributed by atoms with Crippen molar-refractivity contribution in [2.75, 3.05) is 13.1 Å². The molecule has 0 radical (unpaired) electrons. The highest BCUT2D eigenvalue weighted by Gasteiger charge is 2.32. The van der Waals surface area contributed by atoms with E-state index in [9.17, 15) is 4.39 Å². The van der Waals surface area contributed by atoms with E-state index in [-0.39, 0.29) is 0 Å². The Morgan fingerprint density at radius 3 is 2.62 bits per heavy atom. The van der Waals surface area contributed by atoms with Gasteiger partial charge < -0.3 is 5.32 Å². The van der Waals surface area contributed by atoms with Crippen LogP contribution in [-0.4, -0.2) is 18.8 Å². The van der Waals surface area contributed by atoms with Crippen LogP contribution in [0, 0.1) is 0 Å². The molecule has 1 aliphatic heterocycles. The second-order valence-corrected chi connectivity index (χ2v) is 5.08. The zero-order valence-electron chi connectivity index (χ0n) is 8.90. The number of hydrogen-bond donors (Lipinski definition) is 1. The summed E-state index contributed by atoms with van der Waals surface area (Å²) < 4.78 is 14.4. The van der Waals surface area contributed by atoms with Gasteiger partial charge in [-0.25, -0.2) is 4.39 Å². The summed E-state index contributed by atoms with van der Waals surface area (Å²) in [5.41, 5.74) is -0.335. The molecule has 1 saturated heterocycles. The van der Waals surface area contributed by atoms with Gasteiger partial charge in [-0.1, -0.05) is 35.3 Å². The summed E-state index contributed by atoms with van der Waals surface area (Å²) in [6, 6.07) is 5.38. The highest BCUT2D eigenvalue weighted by molar-refractivity contribution is 6.42. The smallest absolute Gasteiger partial charge is 0.117 e. The Labute approximate surface area is 105 Å². The predicted molar refractivity (Wildman–Crippen MR) is 66.1 cm³/mol. The van der Waals surface area contributed by atoms with Crippen LogP contribution >= 0.6 is 23.2 Å². The summed E-state index contributed by atoms with van der Waals surface area (Å²) in [5.74, 6) is 0. The first-order chi connectivity index (χ1) is 7.61. The molecule has 4 heteroatoms. The fourth-order valence-electron chi connectivity index (χ4n) is 2.08. The number of hydrogen-bond acceptors (Lipinski definition) is 1. The van der Waals surface area contributed by atoms with Gasteiger partial charge in [-0.15, -0.1) is 0 Å². The lowest BCUT2D eigenvalue weighted by Gasteiger charge is -2.30. The summed E-state index contributed by atoms with van der Waals surface area (Å²) in [4.78, 5) is 0. The standard InChI is InChI=1S/C12H14Cl2FN/c13-10-3-1-2-9(11(10)14)8-12(15)4-6-16-7-5-12/h1-3,16H,4-8H2. The Bertz CT molecular complexity index is 375. The van der Waals surface area contributed by atoms with E-state index in [1.807, 2.05) is 12.1 Å². The van der Waals surface area contributed by atoms with Crippen LogP contribution in [0.2, 0.25) is 10.0 Å². The van der Waals surface area contributed by atoms with Crippen molar-refractivity contribution in [1.82, 2.24) is 5.32 Å². The molecule has 1 N–H and O–H groups in total. The van der Waals surface area contributed by atoms with Crippen LogP contribution in [0.1, 0.15) is 18.4 Å². The van der Waals surface area contributed by atoms with E-state index in [0.29, 0.717) is 29.3 Å². The molecule has 0 amide bonds. The Balaban J connectivity index is 2.16. The molecule has 16 heavy (non-hydrogen) atoms. The van der Waals surface area contributed by atoms with Crippen molar-refractivity contribution < 1.29 is 4.39 Å². The van der Waals surface area contributed by atoms with Crippen LogP contribution in [0.25, 0.3) is 0 Å². The molecule has 2 rings (SSSR count). The number of benzene rings is 1. The Hall–Kier alpha value is -0.310. The van der Waals surface area contributed by atoms with Crippen molar-refractivity contribution in [2.24, 2.45) is 0 Å². The van der Waals surface area contributed by atoms with E-state index < -0.39 is 5.67 Å². The van der Waals surface area contributed by atoms with Crippen LogP contribution in [0.3, 0.4) is 0 Å². The van der Waals surface area contributed by atoms with E-state index in [4.69, 9.17) is 23.2 Å². The molecule has 1 fully saturated rings. The predicted octanol–water partition coefficient (Wildman–Crippen LogP) is 3.63. The van der Waals surface area contributed by atoms with E-state index in [2.05, 4.69) is 5.32 Å². The first kappa shape index (κ1) is 12.2. The van der Waals surface area contributed by atoms with Gasteiger partial charge in [0.25, 0.3) is 0 Å². The van der Waals surface area contributed by atoms with Gasteiger partial charge in [0, 0.05) is 6.42 Å². The second kappa shape index (κ2) is 4.91. The largest absolute Gasteiger partial charge is 0.316 e. The van der Waals surface area contributed by atoms with Gasteiger partial charge in [-0.3, -0.25) is 0 Å². The molecule has 0 saturated carbocycles. The van der Waals surface area contributed by atoms with Gasteiger partial charge >= 0.3 is 0 Å². The SMILES string of the molecule is FC1(Cc2cccc(Cl)c2Cl)CCNCC1. The summed E-state index contributed by atoms with van der Waals surface area (Å²) in [5, 5.41) is 4.14. The van der Waals surface area contributed by atoms with Gasteiger partial charge in [0.2, 0.25) is 0 Å². The third kappa shape index (κ3) is 2.68. The van der Waals surface area contributed by atoms with E-state index >= 15 is 0 Å². The lowest BCUT2D eigenvalue weighted by atomic mass is 9.88. The molecular formula is C12H14Cl2FN. The molecule has 0 bridgehead atoms. The van der Waals surface area contributed by atoms with Gasteiger partial charge in [0.1, 0.15) is 5.67 Å². The molecule has 1 heterocycles. The van der Waals surface area contributed by atoms with Crippen molar-refractivity contribution in [3.8, 4) is 0 Å². The lowest BCUT2D eigenvalue weighted by Crippen LogP contribution is -2.40. The number of nitrogens with one attached hydrogen (secondary N) is 1. The average Bonchev–Trinajstić information content (AvgIpc) is 2.26. The van der Waals surface area contributed by atoms with Crippen LogP contribution in [0.5, 0.6) is 0 Å². The third-order valence-electron chi connectivity index (χ3n) is 3.04. The molecule has 1 aromatic rings. The van der Waals surface area contributed by atoms with Gasteiger partial charge in [-0.05, 0) is 37.6 Å². The molecule has 0 unspecified atom stereocenters. The molecule has 0 spiro atoms. The van der Waals surface area contributed by atoms with Gasteiger partial charge in [0.05, 0.1) is 10.0 Å². The molecule has 0 aliphatic carbocycles. The number of rotatable bonds is 2. The highest BCUT2D eigenvalue weighted by Crippen LogP contribution is 2.33. The van der Waals surface area contributed by atoms with Gasteiger partial charge in [-0.2, -0.15) is 0 Å². The van der Waals surface area contributed by atoms with Crippen molar-refractivity contribution >= 4 is 23.2 Å². The number of piperidine rings is 1. The van der Waals surface area contributed by atoms with Crippen molar-refractivity contribution in [3.63, 3.8) is 0 Å². The summed E-state index contributed by atoms with van der Waals surface area (Å²) in [6.07, 6.45) is 1.43. The minimum Gasteiger partial charge on any atom is -0.316 e. The van der Waals surface area contributed by atoms with E-state index in [1.54, 1.807) is 6.07 Å². The molecule has 88 valence electrons. The van der Waals surface area contributed by atoms with Crippen LogP contribution in [0.4, 0.5) is 4.39 Å². The summed E-state index contributed by atoms with van der Waals surface area (Å²) >= 11 is 12.0. The zero-order valence-corrected chi connectivity index (χ0v) is 10.4. The highest BCUT2D eigenvalue weighted by atomic mass is 35.5. The summed E-state index contributed by atoms with van der Waals surface area (Å²) in [7, 11) is 0. The lowest BCUT2D eigenvalue weighted by molar-refractivity contribution is 0.116.